The summed E-state index contributed by atoms with van der Waals surface area (Å²) < 4.78 is 0. The van der Waals surface area contributed by atoms with Crippen LogP contribution in [0.15, 0.2) is 60.9 Å². The molecule has 0 aliphatic rings. The molecule has 0 spiro atoms. The van der Waals surface area contributed by atoms with Gasteiger partial charge < -0.3 is 10.6 Å². The van der Waals surface area contributed by atoms with Crippen molar-refractivity contribution >= 4 is 39.6 Å². The van der Waals surface area contributed by atoms with Crippen molar-refractivity contribution in [3.05, 3.63) is 82.3 Å². The molecule has 4 rings (SSSR count). The fourth-order valence-corrected chi connectivity index (χ4v) is 3.00. The van der Waals surface area contributed by atoms with Crippen LogP contribution in [0.2, 0.25) is 0 Å². The highest BCUT2D eigenvalue weighted by atomic mass is 16.6. The molecule has 8 nitrogen and oxygen atoms in total. The van der Waals surface area contributed by atoms with Gasteiger partial charge in [-0.2, -0.15) is 0 Å². The van der Waals surface area contributed by atoms with Crippen LogP contribution >= 0.6 is 0 Å². The highest BCUT2D eigenvalue weighted by molar-refractivity contribution is 5.94. The second-order valence-electron chi connectivity index (χ2n) is 6.62. The second kappa shape index (κ2) is 7.51. The minimum absolute atomic E-state index is 0.104. The third-order valence-electron chi connectivity index (χ3n) is 4.44. The molecule has 0 amide bonds. The minimum Gasteiger partial charge on any atom is -0.334 e. The summed E-state index contributed by atoms with van der Waals surface area (Å²) in [5.41, 5.74) is 3.93. The van der Waals surface area contributed by atoms with Crippen LogP contribution in [0.25, 0.3) is 10.9 Å². The van der Waals surface area contributed by atoms with Gasteiger partial charge in [-0.1, -0.05) is 23.8 Å². The van der Waals surface area contributed by atoms with Gasteiger partial charge in [-0.25, -0.2) is 9.97 Å². The Bertz CT molecular complexity index is 1210. The number of benzene rings is 2. The summed E-state index contributed by atoms with van der Waals surface area (Å²) >= 11 is 0. The van der Waals surface area contributed by atoms with Crippen molar-refractivity contribution in [2.45, 2.75) is 13.8 Å². The van der Waals surface area contributed by atoms with Crippen molar-refractivity contribution in [1.29, 1.82) is 0 Å². The third kappa shape index (κ3) is 3.81. The fraction of sp³-hybridized carbons (Fsp3) is 0.0952. The smallest absolute Gasteiger partial charge is 0.334 e. The molecule has 0 fully saturated rings. The fourth-order valence-electron chi connectivity index (χ4n) is 3.00. The van der Waals surface area contributed by atoms with Gasteiger partial charge >= 0.3 is 5.69 Å². The Morgan fingerprint density at radius 2 is 1.62 bits per heavy atom. The second-order valence-corrected chi connectivity index (χ2v) is 6.62. The van der Waals surface area contributed by atoms with Crippen LogP contribution < -0.4 is 10.6 Å². The van der Waals surface area contributed by atoms with Gasteiger partial charge in [-0.15, -0.1) is 0 Å². The molecular weight excluding hydrogens is 368 g/mol. The first-order valence-corrected chi connectivity index (χ1v) is 8.98. The molecule has 0 saturated carbocycles. The lowest BCUT2D eigenvalue weighted by Crippen LogP contribution is -2.05. The van der Waals surface area contributed by atoms with Crippen molar-refractivity contribution in [1.82, 2.24) is 15.0 Å². The van der Waals surface area contributed by atoms with Crippen LogP contribution in [-0.4, -0.2) is 19.9 Å². The number of rotatable bonds is 5. The van der Waals surface area contributed by atoms with E-state index >= 15 is 0 Å². The molecule has 0 aliphatic heterocycles. The van der Waals surface area contributed by atoms with Crippen molar-refractivity contribution < 1.29 is 4.92 Å². The molecule has 0 atom stereocenters. The Hall–Kier alpha value is -4.07. The van der Waals surface area contributed by atoms with Gasteiger partial charge in [0, 0.05) is 22.5 Å². The summed E-state index contributed by atoms with van der Waals surface area (Å²) in [6, 6.07) is 16.9. The van der Waals surface area contributed by atoms with E-state index in [0.717, 1.165) is 22.2 Å². The van der Waals surface area contributed by atoms with E-state index in [-0.39, 0.29) is 17.3 Å². The third-order valence-corrected chi connectivity index (χ3v) is 4.44. The number of nitrogens with one attached hydrogen (secondary N) is 2. The van der Waals surface area contributed by atoms with E-state index in [1.807, 2.05) is 68.4 Å². The summed E-state index contributed by atoms with van der Waals surface area (Å²) in [5, 5.41) is 18.8. The molecule has 8 heteroatoms. The predicted octanol–water partition coefficient (Wildman–Crippen LogP) is 5.04. The Kier molecular flexibility index (Phi) is 4.74. The van der Waals surface area contributed by atoms with Crippen molar-refractivity contribution in [3.8, 4) is 0 Å². The number of nitrogens with zero attached hydrogens (tertiary/aromatic N) is 4. The molecule has 2 heterocycles. The molecule has 0 bridgehead atoms. The maximum atomic E-state index is 11.8. The number of fused-ring (bicyclic) bond motifs is 1. The van der Waals surface area contributed by atoms with Gasteiger partial charge in [0.2, 0.25) is 11.6 Å². The normalized spacial score (nSPS) is 10.7. The number of hydrogen-bond acceptors (Lipinski definition) is 7. The van der Waals surface area contributed by atoms with E-state index < -0.39 is 4.92 Å². The maximum Gasteiger partial charge on any atom is 0.353 e. The molecule has 4 aromatic rings. The Morgan fingerprint density at radius 3 is 2.34 bits per heavy atom. The molecule has 29 heavy (non-hydrogen) atoms. The van der Waals surface area contributed by atoms with Gasteiger partial charge in [0.25, 0.3) is 0 Å². The Labute approximate surface area is 166 Å². The van der Waals surface area contributed by atoms with E-state index in [1.54, 1.807) is 0 Å². The number of pyridine rings is 1. The molecule has 0 radical (unpaired) electrons. The Balaban J connectivity index is 1.75. The molecule has 2 aromatic carbocycles. The maximum absolute atomic E-state index is 11.8. The first kappa shape index (κ1) is 18.3. The van der Waals surface area contributed by atoms with Crippen molar-refractivity contribution in [2.75, 3.05) is 10.6 Å². The van der Waals surface area contributed by atoms with Crippen molar-refractivity contribution in [3.63, 3.8) is 0 Å². The summed E-state index contributed by atoms with van der Waals surface area (Å²) in [6.07, 6.45) is 1.29. The van der Waals surface area contributed by atoms with E-state index in [9.17, 15) is 10.1 Å². The number of nitro groups is 1. The standard InChI is InChI=1S/C21H18N6O2/c1-13-6-9-15(10-7-13)25-20-19(27(28)29)21(23-12-22-20)26-18-5-3-4-17-16(18)11-8-14(2)24-17/h3-12H,1-2H3,(H2,22,23,25,26). The van der Waals surface area contributed by atoms with Gasteiger partial charge in [0.15, 0.2) is 0 Å². The monoisotopic (exact) mass is 386 g/mol. The van der Waals surface area contributed by atoms with Gasteiger partial charge in [-0.3, -0.25) is 15.1 Å². The lowest BCUT2D eigenvalue weighted by Gasteiger charge is -2.12. The molecule has 0 unspecified atom stereocenters. The molecule has 0 saturated heterocycles. The van der Waals surface area contributed by atoms with Crippen LogP contribution in [0, 0.1) is 24.0 Å². The van der Waals surface area contributed by atoms with Crippen LogP contribution in [0.4, 0.5) is 28.7 Å². The van der Waals surface area contributed by atoms with Crippen molar-refractivity contribution in [2.24, 2.45) is 0 Å². The highest BCUT2D eigenvalue weighted by Gasteiger charge is 2.23. The van der Waals surface area contributed by atoms with Crippen LogP contribution in [-0.2, 0) is 0 Å². The summed E-state index contributed by atoms with van der Waals surface area (Å²) in [5.74, 6) is 0.221. The van der Waals surface area contributed by atoms with E-state index in [4.69, 9.17) is 0 Å². The average Bonchev–Trinajstić information content (AvgIpc) is 2.69. The van der Waals surface area contributed by atoms with Gasteiger partial charge in [-0.05, 0) is 50.2 Å². The molecular formula is C21H18N6O2. The lowest BCUT2D eigenvalue weighted by molar-refractivity contribution is -0.383. The number of aromatic nitrogens is 3. The largest absolute Gasteiger partial charge is 0.353 e. The van der Waals surface area contributed by atoms with E-state index in [0.29, 0.717) is 11.4 Å². The van der Waals surface area contributed by atoms with E-state index in [2.05, 4.69) is 25.6 Å². The minimum atomic E-state index is -0.494. The lowest BCUT2D eigenvalue weighted by atomic mass is 10.1. The first-order valence-electron chi connectivity index (χ1n) is 8.98. The van der Waals surface area contributed by atoms with Crippen LogP contribution in [0.1, 0.15) is 11.3 Å². The van der Waals surface area contributed by atoms with Gasteiger partial charge in [0.1, 0.15) is 6.33 Å². The summed E-state index contributed by atoms with van der Waals surface area (Å²) in [6.45, 7) is 3.89. The van der Waals surface area contributed by atoms with E-state index in [1.165, 1.54) is 6.33 Å². The summed E-state index contributed by atoms with van der Waals surface area (Å²) in [7, 11) is 0. The summed E-state index contributed by atoms with van der Waals surface area (Å²) in [4.78, 5) is 24.0. The quantitative estimate of drug-likeness (QED) is 0.366. The number of anilines is 4. The molecule has 2 aromatic heterocycles. The first-order chi connectivity index (χ1) is 14.0. The van der Waals surface area contributed by atoms with Crippen LogP contribution in [0.3, 0.4) is 0 Å². The SMILES string of the molecule is Cc1ccc(Nc2ncnc(Nc3cccc4nc(C)ccc34)c2[N+](=O)[O-])cc1. The predicted molar refractivity (Wildman–Crippen MR) is 113 cm³/mol. The molecule has 0 aliphatic carbocycles. The highest BCUT2D eigenvalue weighted by Crippen LogP contribution is 2.34. The number of hydrogen-bond donors (Lipinski definition) is 2. The zero-order valence-corrected chi connectivity index (χ0v) is 15.9. The number of aryl methyl sites for hydroxylation is 2. The zero-order chi connectivity index (χ0) is 20.4. The zero-order valence-electron chi connectivity index (χ0n) is 15.9. The average molecular weight is 386 g/mol. The van der Waals surface area contributed by atoms with Gasteiger partial charge in [0.05, 0.1) is 10.4 Å². The molecule has 2 N–H and O–H groups in total. The molecule has 144 valence electrons. The Morgan fingerprint density at radius 1 is 0.897 bits per heavy atom. The van der Waals surface area contributed by atoms with Crippen LogP contribution in [0.5, 0.6) is 0 Å². The topological polar surface area (TPSA) is 106 Å².